The molecule has 2 N–H and O–H groups in total. The number of rotatable bonds is 4. The highest BCUT2D eigenvalue weighted by Crippen LogP contribution is 2.30. The van der Waals surface area contributed by atoms with E-state index in [9.17, 15) is 10.2 Å². The Morgan fingerprint density at radius 1 is 1.44 bits per heavy atom. The van der Waals surface area contributed by atoms with Crippen LogP contribution in [0.4, 0.5) is 0 Å². The standard InChI is InChI=1S/C14H19ClO3/c1-9(16)10-3-2-4-13(6-10)18-8-11-5-12(15)7-14(11)17/h2-4,6,9,11-12,14,16-17H,5,7-8H2,1H3/t9?,11-,12-,14+/m0/s1. The van der Waals surface area contributed by atoms with Crippen LogP contribution >= 0.6 is 11.6 Å². The summed E-state index contributed by atoms with van der Waals surface area (Å²) in [6.45, 7) is 2.19. The third kappa shape index (κ3) is 3.37. The molecule has 4 heteroatoms. The van der Waals surface area contributed by atoms with Gasteiger partial charge in [-0.3, -0.25) is 0 Å². The highest BCUT2D eigenvalue weighted by molar-refractivity contribution is 6.20. The van der Waals surface area contributed by atoms with Crippen molar-refractivity contribution in [2.24, 2.45) is 5.92 Å². The van der Waals surface area contributed by atoms with Crippen LogP contribution in [0.5, 0.6) is 5.75 Å². The van der Waals surface area contributed by atoms with E-state index in [1.54, 1.807) is 6.92 Å². The van der Waals surface area contributed by atoms with Crippen LogP contribution in [0.25, 0.3) is 0 Å². The first-order valence-corrected chi connectivity index (χ1v) is 6.73. The van der Waals surface area contributed by atoms with Gasteiger partial charge in [0.15, 0.2) is 0 Å². The molecule has 1 saturated carbocycles. The summed E-state index contributed by atoms with van der Waals surface area (Å²) in [4.78, 5) is 0. The fourth-order valence-electron chi connectivity index (χ4n) is 2.28. The lowest BCUT2D eigenvalue weighted by Gasteiger charge is -2.16. The Hall–Kier alpha value is -0.770. The predicted octanol–water partition coefficient (Wildman–Crippen LogP) is 2.50. The van der Waals surface area contributed by atoms with Gasteiger partial charge in [-0.15, -0.1) is 11.6 Å². The fraction of sp³-hybridized carbons (Fsp3) is 0.571. The Bertz CT molecular complexity index is 394. The number of aliphatic hydroxyl groups excluding tert-OH is 2. The van der Waals surface area contributed by atoms with Crippen molar-refractivity contribution in [2.75, 3.05) is 6.61 Å². The van der Waals surface area contributed by atoms with E-state index in [0.29, 0.717) is 13.0 Å². The van der Waals surface area contributed by atoms with E-state index >= 15 is 0 Å². The van der Waals surface area contributed by atoms with Crippen LogP contribution in [0.15, 0.2) is 24.3 Å². The molecule has 0 aromatic heterocycles. The van der Waals surface area contributed by atoms with E-state index in [2.05, 4.69) is 0 Å². The minimum absolute atomic E-state index is 0.0531. The van der Waals surface area contributed by atoms with Crippen molar-refractivity contribution >= 4 is 11.6 Å². The second-order valence-electron chi connectivity index (χ2n) is 4.96. The second-order valence-corrected chi connectivity index (χ2v) is 5.57. The average Bonchev–Trinajstić information content (AvgIpc) is 2.65. The summed E-state index contributed by atoms with van der Waals surface area (Å²) in [5, 5.41) is 19.3. The van der Waals surface area contributed by atoms with Crippen molar-refractivity contribution in [1.82, 2.24) is 0 Å². The Kier molecular flexibility index (Phi) is 4.49. The van der Waals surface area contributed by atoms with Crippen LogP contribution in [0.1, 0.15) is 31.4 Å². The molecule has 0 radical (unpaired) electrons. The second kappa shape index (κ2) is 5.91. The van der Waals surface area contributed by atoms with Gasteiger partial charge in [-0.25, -0.2) is 0 Å². The number of ether oxygens (including phenoxy) is 1. The summed E-state index contributed by atoms with van der Waals surface area (Å²) < 4.78 is 5.67. The van der Waals surface area contributed by atoms with Crippen LogP contribution in [0, 0.1) is 5.92 Å². The van der Waals surface area contributed by atoms with E-state index in [1.807, 2.05) is 24.3 Å². The van der Waals surface area contributed by atoms with E-state index in [1.165, 1.54) is 0 Å². The summed E-state index contributed by atoms with van der Waals surface area (Å²) in [5.41, 5.74) is 0.828. The molecule has 2 rings (SSSR count). The van der Waals surface area contributed by atoms with Gasteiger partial charge in [-0.2, -0.15) is 0 Å². The third-order valence-corrected chi connectivity index (χ3v) is 3.76. The average molecular weight is 271 g/mol. The van der Waals surface area contributed by atoms with Gasteiger partial charge < -0.3 is 14.9 Å². The fourth-order valence-corrected chi connectivity index (χ4v) is 2.69. The Labute approximate surface area is 112 Å². The van der Waals surface area contributed by atoms with Crippen molar-refractivity contribution < 1.29 is 14.9 Å². The normalized spacial score (nSPS) is 29.2. The zero-order valence-electron chi connectivity index (χ0n) is 10.4. The number of alkyl halides is 1. The summed E-state index contributed by atoms with van der Waals surface area (Å²) >= 11 is 6.00. The van der Waals surface area contributed by atoms with Gasteiger partial charge in [-0.05, 0) is 37.5 Å². The molecule has 1 aromatic rings. The molecule has 0 amide bonds. The molecule has 1 unspecified atom stereocenters. The Balaban J connectivity index is 1.92. The Morgan fingerprint density at radius 3 is 2.83 bits per heavy atom. The number of benzene rings is 1. The lowest BCUT2D eigenvalue weighted by Crippen LogP contribution is -2.20. The van der Waals surface area contributed by atoms with Crippen molar-refractivity contribution in [3.63, 3.8) is 0 Å². The number of aliphatic hydroxyl groups is 2. The molecule has 1 aliphatic rings. The first-order valence-electron chi connectivity index (χ1n) is 6.29. The molecule has 4 atom stereocenters. The largest absolute Gasteiger partial charge is 0.493 e. The van der Waals surface area contributed by atoms with Crippen LogP contribution < -0.4 is 4.74 Å². The van der Waals surface area contributed by atoms with E-state index < -0.39 is 6.10 Å². The number of hydrogen-bond donors (Lipinski definition) is 2. The molecule has 0 aliphatic heterocycles. The van der Waals surface area contributed by atoms with Crippen LogP contribution in [0.2, 0.25) is 0 Å². The number of hydrogen-bond acceptors (Lipinski definition) is 3. The molecule has 0 bridgehead atoms. The van der Waals surface area contributed by atoms with E-state index in [4.69, 9.17) is 16.3 Å². The molecule has 100 valence electrons. The summed E-state index contributed by atoms with van der Waals surface area (Å²) in [7, 11) is 0. The monoisotopic (exact) mass is 270 g/mol. The zero-order chi connectivity index (χ0) is 13.1. The molecule has 1 fully saturated rings. The highest BCUT2D eigenvalue weighted by Gasteiger charge is 2.32. The molecular weight excluding hydrogens is 252 g/mol. The molecule has 18 heavy (non-hydrogen) atoms. The Morgan fingerprint density at radius 2 is 2.22 bits per heavy atom. The first kappa shape index (κ1) is 13.7. The van der Waals surface area contributed by atoms with Gasteiger partial charge in [0.05, 0.1) is 18.8 Å². The first-order chi connectivity index (χ1) is 8.56. The molecular formula is C14H19ClO3. The van der Waals surface area contributed by atoms with Gasteiger partial charge in [0.25, 0.3) is 0 Å². The maximum atomic E-state index is 9.78. The van der Waals surface area contributed by atoms with Gasteiger partial charge in [0.1, 0.15) is 5.75 Å². The maximum Gasteiger partial charge on any atom is 0.119 e. The molecule has 1 aliphatic carbocycles. The maximum absolute atomic E-state index is 9.78. The highest BCUT2D eigenvalue weighted by atomic mass is 35.5. The molecule has 0 spiro atoms. The summed E-state index contributed by atoms with van der Waals surface area (Å²) in [5.74, 6) is 0.821. The van der Waals surface area contributed by atoms with Gasteiger partial charge in [-0.1, -0.05) is 12.1 Å². The summed E-state index contributed by atoms with van der Waals surface area (Å²) in [6, 6.07) is 7.39. The van der Waals surface area contributed by atoms with Crippen molar-refractivity contribution in [3.05, 3.63) is 29.8 Å². The van der Waals surface area contributed by atoms with E-state index in [-0.39, 0.29) is 17.4 Å². The smallest absolute Gasteiger partial charge is 0.119 e. The van der Waals surface area contributed by atoms with Crippen LogP contribution in [-0.2, 0) is 0 Å². The molecule has 0 heterocycles. The quantitative estimate of drug-likeness (QED) is 0.827. The van der Waals surface area contributed by atoms with Gasteiger partial charge in [0, 0.05) is 11.3 Å². The summed E-state index contributed by atoms with van der Waals surface area (Å²) in [6.07, 6.45) is 0.563. The predicted molar refractivity (Wildman–Crippen MR) is 70.9 cm³/mol. The zero-order valence-corrected chi connectivity index (χ0v) is 11.2. The lowest BCUT2D eigenvalue weighted by atomic mass is 10.1. The van der Waals surface area contributed by atoms with Crippen molar-refractivity contribution in [2.45, 2.75) is 37.4 Å². The number of halogens is 1. The van der Waals surface area contributed by atoms with Gasteiger partial charge >= 0.3 is 0 Å². The lowest BCUT2D eigenvalue weighted by molar-refractivity contribution is 0.0984. The third-order valence-electron chi connectivity index (χ3n) is 3.40. The molecule has 1 aromatic carbocycles. The van der Waals surface area contributed by atoms with Crippen molar-refractivity contribution in [1.29, 1.82) is 0 Å². The van der Waals surface area contributed by atoms with E-state index in [0.717, 1.165) is 17.7 Å². The van der Waals surface area contributed by atoms with Crippen LogP contribution in [-0.4, -0.2) is 28.3 Å². The molecule has 0 saturated heterocycles. The minimum atomic E-state index is -0.502. The topological polar surface area (TPSA) is 49.7 Å². The minimum Gasteiger partial charge on any atom is -0.493 e. The van der Waals surface area contributed by atoms with Gasteiger partial charge in [0.2, 0.25) is 0 Å². The van der Waals surface area contributed by atoms with Crippen molar-refractivity contribution in [3.8, 4) is 5.75 Å². The molecule has 3 nitrogen and oxygen atoms in total. The van der Waals surface area contributed by atoms with Crippen LogP contribution in [0.3, 0.4) is 0 Å². The SMILES string of the molecule is CC(O)c1cccc(OC[C@@H]2C[C@H](Cl)C[C@H]2O)c1.